The van der Waals surface area contributed by atoms with E-state index in [1.54, 1.807) is 17.0 Å². The van der Waals surface area contributed by atoms with Crippen molar-refractivity contribution >= 4 is 17.6 Å². The molecule has 2 fully saturated rings. The molecule has 1 aliphatic carbocycles. The number of carbonyl (C=O) groups excluding carboxylic acids is 2. The SMILES string of the molecule is O=C(Nc1cc(C2CCCC2)nn1-c1ccccc1)C1CCN(C(=O)c2ccco2)CC1. The predicted octanol–water partition coefficient (Wildman–Crippen LogP) is 4.61. The van der Waals surface area contributed by atoms with Gasteiger partial charge in [0.2, 0.25) is 5.91 Å². The Morgan fingerprint density at radius 3 is 2.41 bits per heavy atom. The van der Waals surface area contributed by atoms with Crippen LogP contribution in [0.5, 0.6) is 0 Å². The zero-order valence-electron chi connectivity index (χ0n) is 18.1. The fourth-order valence-corrected chi connectivity index (χ4v) is 4.80. The molecule has 1 saturated carbocycles. The normalized spacial score (nSPS) is 17.6. The van der Waals surface area contributed by atoms with Crippen LogP contribution in [0.1, 0.15) is 60.7 Å². The van der Waals surface area contributed by atoms with Crippen LogP contribution in [0.2, 0.25) is 0 Å². The molecule has 0 atom stereocenters. The number of furan rings is 1. The molecular weight excluding hydrogens is 404 g/mol. The average Bonchev–Trinajstić information content (AvgIpc) is 3.61. The van der Waals surface area contributed by atoms with Crippen LogP contribution in [0.25, 0.3) is 5.69 Å². The minimum absolute atomic E-state index is 0.00912. The Morgan fingerprint density at radius 2 is 1.72 bits per heavy atom. The maximum atomic E-state index is 13.1. The Labute approximate surface area is 187 Å². The van der Waals surface area contributed by atoms with Gasteiger partial charge in [-0.25, -0.2) is 4.68 Å². The van der Waals surface area contributed by atoms with Crippen LogP contribution in [0.15, 0.2) is 59.2 Å². The minimum Gasteiger partial charge on any atom is -0.459 e. The molecule has 3 aromatic rings. The Bertz CT molecular complexity index is 1060. The molecule has 2 aromatic heterocycles. The Hall–Kier alpha value is -3.35. The van der Waals surface area contributed by atoms with Crippen molar-refractivity contribution in [1.82, 2.24) is 14.7 Å². The summed E-state index contributed by atoms with van der Waals surface area (Å²) in [6.07, 6.45) is 7.55. The third-order valence-corrected chi connectivity index (χ3v) is 6.64. The van der Waals surface area contributed by atoms with Crippen molar-refractivity contribution in [3.63, 3.8) is 0 Å². The number of nitrogens with zero attached hydrogens (tertiary/aromatic N) is 3. The van der Waals surface area contributed by atoms with E-state index >= 15 is 0 Å². The summed E-state index contributed by atoms with van der Waals surface area (Å²) in [4.78, 5) is 27.4. The number of rotatable bonds is 5. The maximum absolute atomic E-state index is 13.1. The van der Waals surface area contributed by atoms with Gasteiger partial charge in [-0.3, -0.25) is 9.59 Å². The van der Waals surface area contributed by atoms with Crippen molar-refractivity contribution in [2.24, 2.45) is 5.92 Å². The number of hydrogen-bond acceptors (Lipinski definition) is 4. The zero-order chi connectivity index (χ0) is 21.9. The highest BCUT2D eigenvalue weighted by Crippen LogP contribution is 2.35. The van der Waals surface area contributed by atoms with Crippen LogP contribution in [0, 0.1) is 5.92 Å². The van der Waals surface area contributed by atoms with Gasteiger partial charge in [0.15, 0.2) is 5.76 Å². The highest BCUT2D eigenvalue weighted by atomic mass is 16.3. The van der Waals surface area contributed by atoms with E-state index in [1.165, 1.54) is 19.1 Å². The number of para-hydroxylation sites is 1. The summed E-state index contributed by atoms with van der Waals surface area (Å²) in [5.41, 5.74) is 1.99. The summed E-state index contributed by atoms with van der Waals surface area (Å²) in [6, 6.07) is 15.3. The average molecular weight is 433 g/mol. The van der Waals surface area contributed by atoms with E-state index in [0.717, 1.165) is 30.0 Å². The standard InChI is InChI=1S/C25H28N4O3/c30-24(19-12-14-28(15-13-19)25(31)22-11-6-16-32-22)26-23-17-21(18-7-4-5-8-18)27-29(23)20-9-2-1-3-10-20/h1-3,6,9-11,16-19H,4-5,7-8,12-15H2,(H,26,30). The van der Waals surface area contributed by atoms with E-state index in [0.29, 0.717) is 37.6 Å². The quantitative estimate of drug-likeness (QED) is 0.638. The van der Waals surface area contributed by atoms with Gasteiger partial charge in [-0.2, -0.15) is 5.10 Å². The number of piperidine rings is 1. The summed E-state index contributed by atoms with van der Waals surface area (Å²) in [6.45, 7) is 1.09. The molecule has 7 heteroatoms. The van der Waals surface area contributed by atoms with Crippen LogP contribution in [-0.4, -0.2) is 39.6 Å². The van der Waals surface area contributed by atoms with E-state index < -0.39 is 0 Å². The summed E-state index contributed by atoms with van der Waals surface area (Å²) in [7, 11) is 0. The number of carbonyl (C=O) groups is 2. The fraction of sp³-hybridized carbons (Fsp3) is 0.400. The molecule has 7 nitrogen and oxygen atoms in total. The lowest BCUT2D eigenvalue weighted by atomic mass is 9.95. The molecule has 0 unspecified atom stereocenters. The molecule has 1 N–H and O–H groups in total. The second-order valence-corrected chi connectivity index (χ2v) is 8.72. The topological polar surface area (TPSA) is 80.4 Å². The van der Waals surface area contributed by atoms with Crippen molar-refractivity contribution < 1.29 is 14.0 Å². The third-order valence-electron chi connectivity index (χ3n) is 6.64. The minimum atomic E-state index is -0.135. The van der Waals surface area contributed by atoms with E-state index in [9.17, 15) is 9.59 Å². The number of amides is 2. The van der Waals surface area contributed by atoms with Crippen molar-refractivity contribution in [1.29, 1.82) is 0 Å². The number of hydrogen-bond donors (Lipinski definition) is 1. The van der Waals surface area contributed by atoms with E-state index in [2.05, 4.69) is 5.32 Å². The zero-order valence-corrected chi connectivity index (χ0v) is 18.1. The van der Waals surface area contributed by atoms with Crippen LogP contribution < -0.4 is 5.32 Å². The predicted molar refractivity (Wildman–Crippen MR) is 121 cm³/mol. The van der Waals surface area contributed by atoms with Crippen LogP contribution in [0.4, 0.5) is 5.82 Å². The molecule has 1 aliphatic heterocycles. The first-order valence-corrected chi connectivity index (χ1v) is 11.5. The lowest BCUT2D eigenvalue weighted by Crippen LogP contribution is -2.41. The van der Waals surface area contributed by atoms with Crippen LogP contribution in [-0.2, 0) is 4.79 Å². The second kappa shape index (κ2) is 9.02. The maximum Gasteiger partial charge on any atom is 0.289 e. The van der Waals surface area contributed by atoms with Gasteiger partial charge in [0.25, 0.3) is 5.91 Å². The van der Waals surface area contributed by atoms with Crippen molar-refractivity contribution in [2.75, 3.05) is 18.4 Å². The molecule has 0 radical (unpaired) electrons. The molecule has 1 saturated heterocycles. The summed E-state index contributed by atoms with van der Waals surface area (Å²) >= 11 is 0. The lowest BCUT2D eigenvalue weighted by molar-refractivity contribution is -0.121. The molecule has 166 valence electrons. The molecule has 32 heavy (non-hydrogen) atoms. The lowest BCUT2D eigenvalue weighted by Gasteiger charge is -2.30. The first-order valence-electron chi connectivity index (χ1n) is 11.5. The molecular formula is C25H28N4O3. The number of benzene rings is 1. The third kappa shape index (κ3) is 4.20. The molecule has 3 heterocycles. The number of likely N-dealkylation sites (tertiary alicyclic amines) is 1. The molecule has 0 spiro atoms. The van der Waals surface area contributed by atoms with Gasteiger partial charge >= 0.3 is 0 Å². The Kier molecular flexibility index (Phi) is 5.79. The summed E-state index contributed by atoms with van der Waals surface area (Å²) < 4.78 is 7.07. The van der Waals surface area contributed by atoms with Gasteiger partial charge in [-0.15, -0.1) is 0 Å². The van der Waals surface area contributed by atoms with Crippen molar-refractivity contribution in [2.45, 2.75) is 44.4 Å². The Balaban J connectivity index is 1.28. The Morgan fingerprint density at radius 1 is 0.969 bits per heavy atom. The summed E-state index contributed by atoms with van der Waals surface area (Å²) in [5.74, 6) is 1.27. The molecule has 2 aliphatic rings. The first-order chi connectivity index (χ1) is 15.7. The number of anilines is 1. The molecule has 5 rings (SSSR count). The highest BCUT2D eigenvalue weighted by molar-refractivity contribution is 5.93. The van der Waals surface area contributed by atoms with Crippen LogP contribution >= 0.6 is 0 Å². The largest absolute Gasteiger partial charge is 0.459 e. The monoisotopic (exact) mass is 432 g/mol. The van der Waals surface area contributed by atoms with Gasteiger partial charge in [-0.05, 0) is 49.9 Å². The van der Waals surface area contributed by atoms with Gasteiger partial charge in [0.1, 0.15) is 5.82 Å². The van der Waals surface area contributed by atoms with Crippen molar-refractivity contribution in [3.05, 3.63) is 66.2 Å². The second-order valence-electron chi connectivity index (χ2n) is 8.72. The van der Waals surface area contributed by atoms with Gasteiger partial charge in [0.05, 0.1) is 17.6 Å². The number of aromatic nitrogens is 2. The molecule has 2 amide bonds. The van der Waals surface area contributed by atoms with Gasteiger partial charge in [-0.1, -0.05) is 31.0 Å². The molecule has 0 bridgehead atoms. The smallest absolute Gasteiger partial charge is 0.289 e. The van der Waals surface area contributed by atoms with E-state index in [-0.39, 0.29) is 17.7 Å². The fourth-order valence-electron chi connectivity index (χ4n) is 4.80. The van der Waals surface area contributed by atoms with Gasteiger partial charge < -0.3 is 14.6 Å². The molecule has 1 aromatic carbocycles. The summed E-state index contributed by atoms with van der Waals surface area (Å²) in [5, 5.41) is 8.00. The van der Waals surface area contributed by atoms with Gasteiger partial charge in [0, 0.05) is 31.0 Å². The first kappa shape index (κ1) is 20.5. The van der Waals surface area contributed by atoms with E-state index in [1.807, 2.05) is 41.1 Å². The van der Waals surface area contributed by atoms with Crippen LogP contribution in [0.3, 0.4) is 0 Å². The van der Waals surface area contributed by atoms with Crippen molar-refractivity contribution in [3.8, 4) is 5.69 Å². The number of nitrogens with one attached hydrogen (secondary N) is 1. The van der Waals surface area contributed by atoms with E-state index in [4.69, 9.17) is 9.52 Å². The highest BCUT2D eigenvalue weighted by Gasteiger charge is 2.30.